The fourth-order valence-corrected chi connectivity index (χ4v) is 3.11. The highest BCUT2D eigenvalue weighted by Crippen LogP contribution is 2.25. The number of nitrogens with one attached hydrogen (secondary N) is 1. The molecule has 1 aliphatic heterocycles. The number of anilines is 2. The van der Waals surface area contributed by atoms with Crippen LogP contribution in [0.25, 0.3) is 0 Å². The standard InChI is InChI=1S/C19H22N4O3/c1-13(21-12-14-4-9-17(20)18(11-14)23(25)26)15-5-7-16(8-6-15)22-10-2-3-19(22)24/h4-9,11,13,21H,2-3,10,12,20H2,1H3. The molecule has 1 aliphatic rings. The SMILES string of the molecule is CC(NCc1ccc(N)c([N+](=O)[O-])c1)c1ccc(N2CCCC2=O)cc1. The number of nitro benzene ring substituents is 1. The van der Waals surface area contributed by atoms with E-state index in [1.807, 2.05) is 36.1 Å². The lowest BCUT2D eigenvalue weighted by atomic mass is 10.1. The van der Waals surface area contributed by atoms with E-state index in [0.29, 0.717) is 13.0 Å². The third-order valence-corrected chi connectivity index (χ3v) is 4.68. The van der Waals surface area contributed by atoms with Gasteiger partial charge < -0.3 is 16.0 Å². The molecule has 1 fully saturated rings. The van der Waals surface area contributed by atoms with E-state index in [1.54, 1.807) is 12.1 Å². The van der Waals surface area contributed by atoms with Gasteiger partial charge >= 0.3 is 0 Å². The molecule has 7 nitrogen and oxygen atoms in total. The lowest BCUT2D eigenvalue weighted by Gasteiger charge is -2.18. The highest BCUT2D eigenvalue weighted by molar-refractivity contribution is 5.95. The van der Waals surface area contributed by atoms with Crippen molar-refractivity contribution in [2.75, 3.05) is 17.2 Å². The number of nitro groups is 1. The normalized spacial score (nSPS) is 15.3. The summed E-state index contributed by atoms with van der Waals surface area (Å²) in [5, 5.41) is 14.3. The van der Waals surface area contributed by atoms with Crippen LogP contribution < -0.4 is 16.0 Å². The van der Waals surface area contributed by atoms with Gasteiger partial charge in [-0.1, -0.05) is 18.2 Å². The van der Waals surface area contributed by atoms with E-state index in [9.17, 15) is 14.9 Å². The third-order valence-electron chi connectivity index (χ3n) is 4.68. The number of nitrogen functional groups attached to an aromatic ring is 1. The molecule has 1 saturated heterocycles. The van der Waals surface area contributed by atoms with E-state index in [1.165, 1.54) is 6.07 Å². The van der Waals surface area contributed by atoms with Gasteiger partial charge in [0, 0.05) is 37.3 Å². The summed E-state index contributed by atoms with van der Waals surface area (Å²) in [5.41, 5.74) is 8.54. The van der Waals surface area contributed by atoms with Crippen LogP contribution in [0.15, 0.2) is 42.5 Å². The number of amides is 1. The van der Waals surface area contributed by atoms with Crippen molar-refractivity contribution in [1.82, 2.24) is 5.32 Å². The molecular formula is C19H22N4O3. The Morgan fingerprint density at radius 1 is 1.27 bits per heavy atom. The number of nitrogens with two attached hydrogens (primary N) is 1. The number of hydrogen-bond donors (Lipinski definition) is 2. The zero-order chi connectivity index (χ0) is 18.7. The predicted molar refractivity (Wildman–Crippen MR) is 101 cm³/mol. The molecule has 3 N–H and O–H groups in total. The van der Waals surface area contributed by atoms with E-state index in [-0.39, 0.29) is 23.3 Å². The lowest BCUT2D eigenvalue weighted by molar-refractivity contribution is -0.384. The molecule has 0 aliphatic carbocycles. The highest BCUT2D eigenvalue weighted by Gasteiger charge is 2.21. The van der Waals surface area contributed by atoms with Gasteiger partial charge in [-0.3, -0.25) is 14.9 Å². The minimum absolute atomic E-state index is 0.0648. The molecule has 0 spiro atoms. The number of benzene rings is 2. The first-order valence-electron chi connectivity index (χ1n) is 8.62. The topological polar surface area (TPSA) is 102 Å². The van der Waals surface area contributed by atoms with Gasteiger partial charge in [0.25, 0.3) is 5.69 Å². The molecule has 0 bridgehead atoms. The van der Waals surface area contributed by atoms with Gasteiger partial charge in [-0.05, 0) is 42.7 Å². The average Bonchev–Trinajstić information content (AvgIpc) is 3.06. The first-order valence-corrected chi connectivity index (χ1v) is 8.62. The van der Waals surface area contributed by atoms with Crippen molar-refractivity contribution in [3.8, 4) is 0 Å². The fourth-order valence-electron chi connectivity index (χ4n) is 3.11. The maximum absolute atomic E-state index is 11.8. The van der Waals surface area contributed by atoms with Crippen LogP contribution in [0.3, 0.4) is 0 Å². The van der Waals surface area contributed by atoms with Gasteiger partial charge in [-0.15, -0.1) is 0 Å². The van der Waals surface area contributed by atoms with Crippen LogP contribution >= 0.6 is 0 Å². The van der Waals surface area contributed by atoms with Gasteiger partial charge in [0.2, 0.25) is 5.91 Å². The number of carbonyl (C=O) groups excluding carboxylic acids is 1. The summed E-state index contributed by atoms with van der Waals surface area (Å²) in [5.74, 6) is 0.175. The van der Waals surface area contributed by atoms with Gasteiger partial charge in [-0.2, -0.15) is 0 Å². The average molecular weight is 354 g/mol. The van der Waals surface area contributed by atoms with Crippen molar-refractivity contribution < 1.29 is 9.72 Å². The molecule has 0 saturated carbocycles. The Bertz CT molecular complexity index is 820. The summed E-state index contributed by atoms with van der Waals surface area (Å²) < 4.78 is 0. The van der Waals surface area contributed by atoms with Crippen LogP contribution in [0.5, 0.6) is 0 Å². The van der Waals surface area contributed by atoms with Crippen molar-refractivity contribution in [2.45, 2.75) is 32.4 Å². The Balaban J connectivity index is 1.63. The van der Waals surface area contributed by atoms with E-state index in [0.717, 1.165) is 29.8 Å². The fraction of sp³-hybridized carbons (Fsp3) is 0.316. The number of carbonyl (C=O) groups is 1. The van der Waals surface area contributed by atoms with Crippen LogP contribution in [0.2, 0.25) is 0 Å². The van der Waals surface area contributed by atoms with E-state index < -0.39 is 4.92 Å². The molecule has 7 heteroatoms. The Labute approximate surface area is 152 Å². The molecule has 1 unspecified atom stereocenters. The molecular weight excluding hydrogens is 332 g/mol. The molecule has 26 heavy (non-hydrogen) atoms. The quantitative estimate of drug-likeness (QED) is 0.471. The van der Waals surface area contributed by atoms with Gasteiger partial charge in [0.15, 0.2) is 0 Å². The number of nitrogens with zero attached hydrogens (tertiary/aromatic N) is 2. The van der Waals surface area contributed by atoms with E-state index in [4.69, 9.17) is 5.73 Å². The predicted octanol–water partition coefficient (Wildman–Crippen LogP) is 3.15. The van der Waals surface area contributed by atoms with E-state index >= 15 is 0 Å². The second-order valence-corrected chi connectivity index (χ2v) is 6.49. The minimum Gasteiger partial charge on any atom is -0.393 e. The van der Waals surface area contributed by atoms with Crippen molar-refractivity contribution in [2.24, 2.45) is 0 Å². The summed E-state index contributed by atoms with van der Waals surface area (Å²) in [6, 6.07) is 12.8. The van der Waals surface area contributed by atoms with Gasteiger partial charge in [-0.25, -0.2) is 0 Å². The monoisotopic (exact) mass is 354 g/mol. The summed E-state index contributed by atoms with van der Waals surface area (Å²) in [6.07, 6.45) is 1.53. The van der Waals surface area contributed by atoms with E-state index in [2.05, 4.69) is 5.32 Å². The maximum atomic E-state index is 11.8. The van der Waals surface area contributed by atoms with Crippen LogP contribution in [0.4, 0.5) is 17.1 Å². The van der Waals surface area contributed by atoms with Crippen LogP contribution in [0, 0.1) is 10.1 Å². The zero-order valence-corrected chi connectivity index (χ0v) is 14.6. The summed E-state index contributed by atoms with van der Waals surface area (Å²) in [6.45, 7) is 3.30. The van der Waals surface area contributed by atoms with Crippen molar-refractivity contribution >= 4 is 23.0 Å². The van der Waals surface area contributed by atoms with Crippen molar-refractivity contribution in [1.29, 1.82) is 0 Å². The summed E-state index contributed by atoms with van der Waals surface area (Å²) in [4.78, 5) is 24.1. The Morgan fingerprint density at radius 2 is 2.00 bits per heavy atom. The van der Waals surface area contributed by atoms with Crippen LogP contribution in [0.1, 0.15) is 36.9 Å². The molecule has 0 aromatic heterocycles. The molecule has 2 aromatic carbocycles. The first-order chi connectivity index (χ1) is 12.5. The number of hydrogen-bond acceptors (Lipinski definition) is 5. The number of rotatable bonds is 6. The molecule has 1 atom stereocenters. The Morgan fingerprint density at radius 3 is 2.62 bits per heavy atom. The molecule has 0 radical (unpaired) electrons. The molecule has 1 heterocycles. The molecule has 1 amide bonds. The Hall–Kier alpha value is -2.93. The van der Waals surface area contributed by atoms with Crippen LogP contribution in [-0.4, -0.2) is 17.4 Å². The van der Waals surface area contributed by atoms with Crippen LogP contribution in [-0.2, 0) is 11.3 Å². The molecule has 3 rings (SSSR count). The maximum Gasteiger partial charge on any atom is 0.292 e. The lowest BCUT2D eigenvalue weighted by Crippen LogP contribution is -2.23. The third kappa shape index (κ3) is 3.83. The highest BCUT2D eigenvalue weighted by atomic mass is 16.6. The summed E-state index contributed by atoms with van der Waals surface area (Å²) >= 11 is 0. The zero-order valence-electron chi connectivity index (χ0n) is 14.6. The summed E-state index contributed by atoms with van der Waals surface area (Å²) in [7, 11) is 0. The van der Waals surface area contributed by atoms with Gasteiger partial charge in [0.1, 0.15) is 5.69 Å². The van der Waals surface area contributed by atoms with Crippen molar-refractivity contribution in [3.05, 3.63) is 63.7 Å². The molecule has 2 aromatic rings. The minimum atomic E-state index is -0.472. The largest absolute Gasteiger partial charge is 0.393 e. The molecule has 136 valence electrons. The smallest absolute Gasteiger partial charge is 0.292 e. The van der Waals surface area contributed by atoms with Crippen molar-refractivity contribution in [3.63, 3.8) is 0 Å². The second kappa shape index (κ2) is 7.53. The first kappa shape index (κ1) is 17.9. The second-order valence-electron chi connectivity index (χ2n) is 6.49. The Kier molecular flexibility index (Phi) is 5.18. The van der Waals surface area contributed by atoms with Gasteiger partial charge in [0.05, 0.1) is 4.92 Å².